The molecular formula is C12H16N4O3. The molecule has 1 saturated heterocycles. The largest absolute Gasteiger partial charge is 0.386 e. The quantitative estimate of drug-likeness (QED) is 0.461. The Morgan fingerprint density at radius 3 is 2.84 bits per heavy atom. The van der Waals surface area contributed by atoms with Crippen molar-refractivity contribution in [3.63, 3.8) is 0 Å². The zero-order valence-electron chi connectivity index (χ0n) is 10.8. The van der Waals surface area contributed by atoms with E-state index in [1.54, 1.807) is 0 Å². The minimum Gasteiger partial charge on any atom is -0.386 e. The van der Waals surface area contributed by atoms with E-state index in [0.717, 1.165) is 0 Å². The summed E-state index contributed by atoms with van der Waals surface area (Å²) in [6, 6.07) is -0.661. The van der Waals surface area contributed by atoms with Crippen molar-refractivity contribution in [1.82, 2.24) is 10.3 Å². The second kappa shape index (κ2) is 4.85. The Kier molecular flexibility index (Phi) is 3.39. The van der Waals surface area contributed by atoms with Gasteiger partial charge in [-0.3, -0.25) is 4.79 Å². The van der Waals surface area contributed by atoms with Crippen molar-refractivity contribution >= 4 is 17.5 Å². The number of likely N-dealkylation sites (tertiary alicyclic amines) is 1. The lowest BCUT2D eigenvalue weighted by Crippen LogP contribution is -2.30. The maximum Gasteiger partial charge on any atom is 0.332 e. The van der Waals surface area contributed by atoms with Gasteiger partial charge in [0.25, 0.3) is 0 Å². The Bertz CT molecular complexity index is 519. The fourth-order valence-electron chi connectivity index (χ4n) is 2.16. The standard InChI is InChI=1S/C12H16N4O3/c1-6(2)16-5-11(18)7-3-8(14-15-12(13)19)10(17)4-9(7)16/h3-4,6,11,18H,5H2,1-2H3,(H3,13,15,19). The fraction of sp³-hybridized carbons (Fsp3) is 0.417. The number of carbonyl (C=O) groups is 2. The highest BCUT2D eigenvalue weighted by Crippen LogP contribution is 2.31. The lowest BCUT2D eigenvalue weighted by molar-refractivity contribution is -0.109. The van der Waals surface area contributed by atoms with Gasteiger partial charge in [0.2, 0.25) is 5.78 Å². The highest BCUT2D eigenvalue weighted by Gasteiger charge is 2.35. The lowest BCUT2D eigenvalue weighted by atomic mass is 9.99. The summed E-state index contributed by atoms with van der Waals surface area (Å²) in [5.74, 6) is -0.327. The minimum atomic E-state index is -0.843. The van der Waals surface area contributed by atoms with Crippen LogP contribution < -0.4 is 11.2 Å². The molecule has 1 atom stereocenters. The van der Waals surface area contributed by atoms with Crippen LogP contribution in [0.15, 0.2) is 28.5 Å². The molecule has 102 valence electrons. The summed E-state index contributed by atoms with van der Waals surface area (Å²) in [4.78, 5) is 24.4. The van der Waals surface area contributed by atoms with Crippen molar-refractivity contribution in [2.75, 3.05) is 6.54 Å². The van der Waals surface area contributed by atoms with Gasteiger partial charge in [-0.2, -0.15) is 5.10 Å². The first kappa shape index (κ1) is 13.3. The van der Waals surface area contributed by atoms with Gasteiger partial charge in [-0.25, -0.2) is 10.2 Å². The van der Waals surface area contributed by atoms with Gasteiger partial charge in [-0.1, -0.05) is 0 Å². The molecule has 2 aliphatic rings. The van der Waals surface area contributed by atoms with Crippen molar-refractivity contribution in [2.24, 2.45) is 10.8 Å². The van der Waals surface area contributed by atoms with E-state index in [2.05, 4.69) is 5.10 Å². The van der Waals surface area contributed by atoms with Crippen LogP contribution in [-0.2, 0) is 4.79 Å². The number of nitrogens with one attached hydrogen (secondary N) is 1. The topological polar surface area (TPSA) is 108 Å². The number of ketones is 1. The molecule has 1 aliphatic heterocycles. The minimum absolute atomic E-state index is 0.0576. The molecular weight excluding hydrogens is 248 g/mol. The van der Waals surface area contributed by atoms with E-state index in [1.807, 2.05) is 24.2 Å². The summed E-state index contributed by atoms with van der Waals surface area (Å²) in [5, 5.41) is 13.6. The monoisotopic (exact) mass is 264 g/mol. The average molecular weight is 264 g/mol. The Morgan fingerprint density at radius 1 is 1.58 bits per heavy atom. The van der Waals surface area contributed by atoms with Crippen LogP contribution in [0.2, 0.25) is 0 Å². The van der Waals surface area contributed by atoms with E-state index in [9.17, 15) is 14.7 Å². The number of aliphatic hydroxyl groups is 1. The van der Waals surface area contributed by atoms with Gasteiger partial charge in [0, 0.05) is 29.9 Å². The molecule has 4 N–H and O–H groups in total. The van der Waals surface area contributed by atoms with Crippen LogP contribution in [0.5, 0.6) is 0 Å². The number of rotatable bonds is 2. The van der Waals surface area contributed by atoms with Crippen molar-refractivity contribution in [2.45, 2.75) is 26.0 Å². The molecule has 0 aromatic heterocycles. The molecule has 1 heterocycles. The van der Waals surface area contributed by atoms with E-state index in [1.165, 1.54) is 12.2 Å². The SMILES string of the molecule is CC(C)N1CC(O)C2=CC(=NNC(N)=O)C(=O)C=C21. The van der Waals surface area contributed by atoms with E-state index in [-0.39, 0.29) is 17.5 Å². The lowest BCUT2D eigenvalue weighted by Gasteiger charge is -2.25. The van der Waals surface area contributed by atoms with E-state index in [4.69, 9.17) is 5.73 Å². The Morgan fingerprint density at radius 2 is 2.26 bits per heavy atom. The molecule has 2 rings (SSSR count). The zero-order valence-corrected chi connectivity index (χ0v) is 10.8. The first-order valence-electron chi connectivity index (χ1n) is 5.96. The molecule has 0 saturated carbocycles. The summed E-state index contributed by atoms with van der Waals surface area (Å²) in [6.45, 7) is 4.41. The number of carbonyl (C=O) groups excluding carboxylic acids is 2. The van der Waals surface area contributed by atoms with Crippen LogP contribution in [-0.4, -0.2) is 46.2 Å². The summed E-state index contributed by atoms with van der Waals surface area (Å²) in [5.41, 5.74) is 8.31. The molecule has 0 spiro atoms. The van der Waals surface area contributed by atoms with Crippen LogP contribution in [0.3, 0.4) is 0 Å². The Hall–Kier alpha value is -2.15. The molecule has 0 aromatic carbocycles. The van der Waals surface area contributed by atoms with Crippen molar-refractivity contribution in [3.05, 3.63) is 23.4 Å². The van der Waals surface area contributed by atoms with Gasteiger partial charge in [0.15, 0.2) is 0 Å². The first-order valence-corrected chi connectivity index (χ1v) is 5.96. The molecule has 1 unspecified atom stereocenters. The molecule has 19 heavy (non-hydrogen) atoms. The number of urea groups is 1. The third-order valence-corrected chi connectivity index (χ3v) is 3.06. The Balaban J connectivity index is 2.32. The molecule has 1 aliphatic carbocycles. The number of nitrogens with zero attached hydrogens (tertiary/aromatic N) is 2. The van der Waals surface area contributed by atoms with Gasteiger partial charge in [-0.05, 0) is 19.9 Å². The van der Waals surface area contributed by atoms with Crippen LogP contribution in [0.25, 0.3) is 0 Å². The molecule has 0 radical (unpaired) electrons. The summed E-state index contributed by atoms with van der Waals surface area (Å²) < 4.78 is 0. The molecule has 7 heteroatoms. The van der Waals surface area contributed by atoms with Crippen LogP contribution in [0.4, 0.5) is 4.79 Å². The third-order valence-electron chi connectivity index (χ3n) is 3.06. The van der Waals surface area contributed by atoms with Gasteiger partial charge >= 0.3 is 6.03 Å². The highest BCUT2D eigenvalue weighted by molar-refractivity contribution is 6.49. The number of primary amides is 1. The Labute approximate surface area is 110 Å². The number of hydrogen-bond acceptors (Lipinski definition) is 5. The van der Waals surface area contributed by atoms with Crippen molar-refractivity contribution < 1.29 is 14.7 Å². The molecule has 1 fully saturated rings. The number of nitrogens with two attached hydrogens (primary N) is 1. The normalized spacial score (nSPS) is 24.4. The summed E-state index contributed by atoms with van der Waals surface area (Å²) >= 11 is 0. The van der Waals surface area contributed by atoms with Crippen LogP contribution in [0.1, 0.15) is 13.8 Å². The maximum atomic E-state index is 11.9. The van der Waals surface area contributed by atoms with Crippen molar-refractivity contribution in [1.29, 1.82) is 0 Å². The second-order valence-electron chi connectivity index (χ2n) is 4.73. The average Bonchev–Trinajstić information content (AvgIpc) is 2.63. The third kappa shape index (κ3) is 2.50. The van der Waals surface area contributed by atoms with E-state index < -0.39 is 12.1 Å². The zero-order chi connectivity index (χ0) is 14.2. The fourth-order valence-corrected chi connectivity index (χ4v) is 2.16. The number of aliphatic hydroxyl groups excluding tert-OH is 1. The van der Waals surface area contributed by atoms with E-state index in [0.29, 0.717) is 17.8 Å². The maximum absolute atomic E-state index is 11.9. The number of fused-ring (bicyclic) bond motifs is 1. The predicted octanol–water partition coefficient (Wildman–Crippen LogP) is -0.511. The number of amides is 2. The number of β-amino-alcohol motifs (C(OH)–C–C–N with tert-alkyl or cyclic N) is 1. The summed E-state index contributed by atoms with van der Waals surface area (Å²) in [6.07, 6.45) is 2.24. The number of hydrogen-bond donors (Lipinski definition) is 3. The van der Waals surface area contributed by atoms with Crippen LogP contribution in [0, 0.1) is 0 Å². The molecule has 7 nitrogen and oxygen atoms in total. The van der Waals surface area contributed by atoms with Gasteiger partial charge in [0.1, 0.15) is 5.71 Å². The summed E-state index contributed by atoms with van der Waals surface area (Å²) in [7, 11) is 0. The smallest absolute Gasteiger partial charge is 0.332 e. The molecule has 0 aromatic rings. The van der Waals surface area contributed by atoms with Crippen molar-refractivity contribution in [3.8, 4) is 0 Å². The number of hydrazone groups is 1. The van der Waals surface area contributed by atoms with Gasteiger partial charge in [-0.15, -0.1) is 0 Å². The van der Waals surface area contributed by atoms with Crippen LogP contribution >= 0.6 is 0 Å². The van der Waals surface area contributed by atoms with Gasteiger partial charge < -0.3 is 15.7 Å². The molecule has 0 bridgehead atoms. The van der Waals surface area contributed by atoms with E-state index >= 15 is 0 Å². The predicted molar refractivity (Wildman–Crippen MR) is 69.2 cm³/mol. The van der Waals surface area contributed by atoms with Gasteiger partial charge in [0.05, 0.1) is 6.10 Å². The number of allylic oxidation sites excluding steroid dienone is 2. The first-order chi connectivity index (χ1) is 8.90. The highest BCUT2D eigenvalue weighted by atomic mass is 16.3. The molecule has 2 amide bonds. The second-order valence-corrected chi connectivity index (χ2v) is 4.73.